The molecule has 1 heterocycles. The van der Waals surface area contributed by atoms with Crippen LogP contribution in [0.4, 0.5) is 10.8 Å². The molecule has 106 valence electrons. The lowest BCUT2D eigenvalue weighted by molar-refractivity contribution is 0.0933. The van der Waals surface area contributed by atoms with Gasteiger partial charge in [0.1, 0.15) is 5.69 Å². The molecular formula is C14H17N3O2S. The Balaban J connectivity index is 1.99. The summed E-state index contributed by atoms with van der Waals surface area (Å²) in [5.41, 5.74) is 2.55. The molecule has 0 bridgehead atoms. The summed E-state index contributed by atoms with van der Waals surface area (Å²) >= 11 is 1.41. The van der Waals surface area contributed by atoms with E-state index in [4.69, 9.17) is 4.74 Å². The van der Waals surface area contributed by atoms with Crippen molar-refractivity contribution >= 4 is 28.1 Å². The molecule has 0 spiro atoms. The number of thiazole rings is 1. The first-order valence-electron chi connectivity index (χ1n) is 6.26. The summed E-state index contributed by atoms with van der Waals surface area (Å²) in [5, 5.41) is 8.40. The van der Waals surface area contributed by atoms with E-state index in [0.29, 0.717) is 24.0 Å². The monoisotopic (exact) mass is 291 g/mol. The summed E-state index contributed by atoms with van der Waals surface area (Å²) in [6.45, 7) is 2.99. The lowest BCUT2D eigenvalue weighted by Crippen LogP contribution is -2.27. The SMILES string of the molecule is COCCNC(=O)c1csc(Nc2ccccc2C)n1. The number of aryl methyl sites for hydroxylation is 1. The zero-order valence-electron chi connectivity index (χ0n) is 11.5. The number of aromatic nitrogens is 1. The van der Waals surface area contributed by atoms with E-state index in [1.54, 1.807) is 12.5 Å². The van der Waals surface area contributed by atoms with E-state index in [-0.39, 0.29) is 5.91 Å². The molecule has 1 amide bonds. The Labute approximate surface area is 122 Å². The number of nitrogens with zero attached hydrogens (tertiary/aromatic N) is 1. The number of methoxy groups -OCH3 is 1. The molecule has 0 atom stereocenters. The number of nitrogens with one attached hydrogen (secondary N) is 2. The highest BCUT2D eigenvalue weighted by Gasteiger charge is 2.10. The van der Waals surface area contributed by atoms with Gasteiger partial charge in [-0.15, -0.1) is 11.3 Å². The Hall–Kier alpha value is -1.92. The van der Waals surface area contributed by atoms with Gasteiger partial charge in [0.2, 0.25) is 0 Å². The van der Waals surface area contributed by atoms with E-state index in [1.165, 1.54) is 11.3 Å². The normalized spacial score (nSPS) is 10.3. The maximum Gasteiger partial charge on any atom is 0.270 e. The molecule has 0 saturated heterocycles. The van der Waals surface area contributed by atoms with Gasteiger partial charge in [-0.2, -0.15) is 0 Å². The van der Waals surface area contributed by atoms with Gasteiger partial charge in [-0.1, -0.05) is 18.2 Å². The maximum atomic E-state index is 11.8. The summed E-state index contributed by atoms with van der Waals surface area (Å²) in [6.07, 6.45) is 0. The van der Waals surface area contributed by atoms with Crippen LogP contribution in [0.5, 0.6) is 0 Å². The van der Waals surface area contributed by atoms with Crippen LogP contribution in [0.15, 0.2) is 29.6 Å². The number of ether oxygens (including phenoxy) is 1. The van der Waals surface area contributed by atoms with Crippen LogP contribution in [-0.2, 0) is 4.74 Å². The summed E-state index contributed by atoms with van der Waals surface area (Å²) in [6, 6.07) is 7.95. The third-order valence-corrected chi connectivity index (χ3v) is 3.47. The van der Waals surface area contributed by atoms with Gasteiger partial charge in [-0.25, -0.2) is 4.98 Å². The summed E-state index contributed by atoms with van der Waals surface area (Å²) < 4.78 is 4.88. The van der Waals surface area contributed by atoms with Gasteiger partial charge in [0.15, 0.2) is 5.13 Å². The second-order valence-corrected chi connectivity index (χ2v) is 5.08. The van der Waals surface area contributed by atoms with Gasteiger partial charge >= 0.3 is 0 Å². The molecule has 0 radical (unpaired) electrons. The number of carbonyl (C=O) groups is 1. The highest BCUT2D eigenvalue weighted by atomic mass is 32.1. The second kappa shape index (κ2) is 7.02. The predicted molar refractivity (Wildman–Crippen MR) is 80.8 cm³/mol. The zero-order valence-corrected chi connectivity index (χ0v) is 12.3. The molecule has 2 aromatic rings. The Bertz CT molecular complexity index is 583. The van der Waals surface area contributed by atoms with Crippen LogP contribution >= 0.6 is 11.3 Å². The van der Waals surface area contributed by atoms with Crippen LogP contribution < -0.4 is 10.6 Å². The number of carbonyl (C=O) groups excluding carboxylic acids is 1. The molecule has 1 aromatic heterocycles. The van der Waals surface area contributed by atoms with Gasteiger partial charge in [0.25, 0.3) is 5.91 Å². The number of benzene rings is 1. The third kappa shape index (κ3) is 3.79. The zero-order chi connectivity index (χ0) is 14.4. The predicted octanol–water partition coefficient (Wildman–Crippen LogP) is 2.57. The van der Waals surface area contributed by atoms with Gasteiger partial charge in [0, 0.05) is 24.7 Å². The van der Waals surface area contributed by atoms with Crippen LogP contribution in [0.2, 0.25) is 0 Å². The van der Waals surface area contributed by atoms with Gasteiger partial charge < -0.3 is 15.4 Å². The van der Waals surface area contributed by atoms with Crippen molar-refractivity contribution in [3.05, 3.63) is 40.9 Å². The van der Waals surface area contributed by atoms with Crippen LogP contribution in [0, 0.1) is 6.92 Å². The number of anilines is 2. The first kappa shape index (κ1) is 14.5. The molecule has 0 unspecified atom stereocenters. The largest absolute Gasteiger partial charge is 0.383 e. The molecule has 0 saturated carbocycles. The van der Waals surface area contributed by atoms with Crippen molar-refractivity contribution in [3.8, 4) is 0 Å². The lowest BCUT2D eigenvalue weighted by atomic mass is 10.2. The van der Waals surface area contributed by atoms with Crippen LogP contribution in [-0.4, -0.2) is 31.2 Å². The van der Waals surface area contributed by atoms with Crippen molar-refractivity contribution in [3.63, 3.8) is 0 Å². The molecule has 6 heteroatoms. The number of amides is 1. The third-order valence-electron chi connectivity index (χ3n) is 2.72. The van der Waals surface area contributed by atoms with Crippen molar-refractivity contribution in [2.24, 2.45) is 0 Å². The van der Waals surface area contributed by atoms with E-state index < -0.39 is 0 Å². The van der Waals surface area contributed by atoms with E-state index >= 15 is 0 Å². The molecule has 0 fully saturated rings. The van der Waals surface area contributed by atoms with Crippen molar-refractivity contribution in [1.29, 1.82) is 0 Å². The number of rotatable bonds is 6. The molecule has 5 nitrogen and oxygen atoms in total. The van der Waals surface area contributed by atoms with Gasteiger partial charge in [-0.05, 0) is 18.6 Å². The van der Waals surface area contributed by atoms with Crippen LogP contribution in [0.1, 0.15) is 16.1 Å². The number of hydrogen-bond donors (Lipinski definition) is 2. The smallest absolute Gasteiger partial charge is 0.270 e. The molecule has 20 heavy (non-hydrogen) atoms. The standard InChI is InChI=1S/C14H17N3O2S/c1-10-5-3-4-6-11(10)16-14-17-12(9-20-14)13(18)15-7-8-19-2/h3-6,9H,7-8H2,1-2H3,(H,15,18)(H,16,17). The highest BCUT2D eigenvalue weighted by molar-refractivity contribution is 7.14. The lowest BCUT2D eigenvalue weighted by Gasteiger charge is -2.05. The minimum Gasteiger partial charge on any atom is -0.383 e. The Morgan fingerprint density at radius 1 is 1.40 bits per heavy atom. The molecule has 1 aromatic carbocycles. The molecule has 2 rings (SSSR count). The molecule has 0 aliphatic rings. The van der Waals surface area contributed by atoms with E-state index in [1.807, 2.05) is 31.2 Å². The van der Waals surface area contributed by atoms with E-state index in [0.717, 1.165) is 11.3 Å². The highest BCUT2D eigenvalue weighted by Crippen LogP contribution is 2.23. The fourth-order valence-corrected chi connectivity index (χ4v) is 2.32. The Morgan fingerprint density at radius 3 is 2.95 bits per heavy atom. The Morgan fingerprint density at radius 2 is 2.20 bits per heavy atom. The number of para-hydroxylation sites is 1. The molecule has 0 aliphatic carbocycles. The molecular weight excluding hydrogens is 274 g/mol. The van der Waals surface area contributed by atoms with E-state index in [9.17, 15) is 4.79 Å². The van der Waals surface area contributed by atoms with Gasteiger partial charge in [0.05, 0.1) is 6.61 Å². The maximum absolute atomic E-state index is 11.8. The van der Waals surface area contributed by atoms with Crippen LogP contribution in [0.3, 0.4) is 0 Å². The second-order valence-electron chi connectivity index (χ2n) is 4.23. The first-order valence-corrected chi connectivity index (χ1v) is 7.14. The van der Waals surface area contributed by atoms with Crippen molar-refractivity contribution < 1.29 is 9.53 Å². The summed E-state index contributed by atoms with van der Waals surface area (Å²) in [7, 11) is 1.60. The van der Waals surface area contributed by atoms with Gasteiger partial charge in [-0.3, -0.25) is 4.79 Å². The summed E-state index contributed by atoms with van der Waals surface area (Å²) in [5.74, 6) is -0.184. The fourth-order valence-electron chi connectivity index (χ4n) is 1.62. The quantitative estimate of drug-likeness (QED) is 0.803. The minimum atomic E-state index is -0.184. The first-order chi connectivity index (χ1) is 9.70. The fraction of sp³-hybridized carbons (Fsp3) is 0.286. The average molecular weight is 291 g/mol. The van der Waals surface area contributed by atoms with Crippen molar-refractivity contribution in [2.75, 3.05) is 25.6 Å². The number of hydrogen-bond acceptors (Lipinski definition) is 5. The molecule has 0 aliphatic heterocycles. The molecule has 2 N–H and O–H groups in total. The van der Waals surface area contributed by atoms with Crippen molar-refractivity contribution in [1.82, 2.24) is 10.3 Å². The average Bonchev–Trinajstić information content (AvgIpc) is 2.90. The van der Waals surface area contributed by atoms with Crippen molar-refractivity contribution in [2.45, 2.75) is 6.92 Å². The van der Waals surface area contributed by atoms with Crippen LogP contribution in [0.25, 0.3) is 0 Å². The minimum absolute atomic E-state index is 0.184. The topological polar surface area (TPSA) is 63.2 Å². The Kier molecular flexibility index (Phi) is 5.09. The summed E-state index contributed by atoms with van der Waals surface area (Å²) in [4.78, 5) is 16.1. The van der Waals surface area contributed by atoms with E-state index in [2.05, 4.69) is 15.6 Å².